The lowest BCUT2D eigenvalue weighted by Crippen LogP contribution is -2.28. The minimum absolute atomic E-state index is 0.0112. The van der Waals surface area contributed by atoms with Crippen LogP contribution in [0.1, 0.15) is 49.4 Å². The maximum atomic E-state index is 12.1. The van der Waals surface area contributed by atoms with E-state index >= 15 is 0 Å². The Balaban J connectivity index is 1.77. The highest BCUT2D eigenvalue weighted by Crippen LogP contribution is 2.38. The molecule has 4 nitrogen and oxygen atoms in total. The van der Waals surface area contributed by atoms with Gasteiger partial charge in [-0.1, -0.05) is 32.0 Å². The lowest BCUT2D eigenvalue weighted by molar-refractivity contribution is -0.144. The Kier molecular flexibility index (Phi) is 5.92. The summed E-state index contributed by atoms with van der Waals surface area (Å²) >= 11 is 0. The van der Waals surface area contributed by atoms with Gasteiger partial charge in [-0.2, -0.15) is 0 Å². The molecule has 2 unspecified atom stereocenters. The van der Waals surface area contributed by atoms with Gasteiger partial charge in [-0.3, -0.25) is 9.78 Å². The molecule has 1 aliphatic heterocycles. The van der Waals surface area contributed by atoms with Crippen LogP contribution >= 0.6 is 0 Å². The van der Waals surface area contributed by atoms with E-state index in [1.165, 1.54) is 5.56 Å². The summed E-state index contributed by atoms with van der Waals surface area (Å²) < 4.78 is 5.59. The first-order valence-electron chi connectivity index (χ1n) is 9.48. The van der Waals surface area contributed by atoms with Gasteiger partial charge in [-0.15, -0.1) is 0 Å². The Labute approximate surface area is 155 Å². The van der Waals surface area contributed by atoms with Crippen molar-refractivity contribution in [1.29, 1.82) is 0 Å². The van der Waals surface area contributed by atoms with Crippen molar-refractivity contribution in [3.8, 4) is 5.75 Å². The molecule has 0 aliphatic carbocycles. The first-order valence-corrected chi connectivity index (χ1v) is 9.48. The fourth-order valence-corrected chi connectivity index (χ4v) is 4.05. The number of carboxylic acid groups (broad SMARTS) is 1. The SMILES string of the molecule is CCC(c1ccc2c(c1)CCO2)[C@@H](C(=O)O)C(C)CCc1ccccn1. The summed E-state index contributed by atoms with van der Waals surface area (Å²) in [5, 5.41) is 9.96. The fourth-order valence-electron chi connectivity index (χ4n) is 4.05. The second-order valence-corrected chi connectivity index (χ2v) is 7.18. The number of hydrogen-bond donors (Lipinski definition) is 1. The number of aryl methyl sites for hydroxylation is 1. The molecule has 138 valence electrons. The van der Waals surface area contributed by atoms with E-state index in [9.17, 15) is 9.90 Å². The van der Waals surface area contributed by atoms with Crippen molar-refractivity contribution >= 4 is 5.97 Å². The quantitative estimate of drug-likeness (QED) is 0.760. The standard InChI is InChI=1S/C22H27NO3/c1-3-19(16-8-10-20-17(14-16)11-13-26-20)21(22(24)25)15(2)7-9-18-6-4-5-12-23-18/h4-6,8,10,12,14-15,19,21H,3,7,9,11,13H2,1-2H3,(H,24,25)/t15?,19?,21-/m0/s1. The molecule has 26 heavy (non-hydrogen) atoms. The van der Waals surface area contributed by atoms with E-state index in [2.05, 4.69) is 24.9 Å². The van der Waals surface area contributed by atoms with Gasteiger partial charge in [-0.25, -0.2) is 0 Å². The predicted octanol–water partition coefficient (Wildman–Crippen LogP) is 4.48. The monoisotopic (exact) mass is 353 g/mol. The van der Waals surface area contributed by atoms with Gasteiger partial charge >= 0.3 is 5.97 Å². The smallest absolute Gasteiger partial charge is 0.307 e. The molecule has 0 bridgehead atoms. The molecular formula is C22H27NO3. The molecule has 0 saturated heterocycles. The van der Waals surface area contributed by atoms with Crippen LogP contribution < -0.4 is 4.74 Å². The van der Waals surface area contributed by atoms with E-state index in [1.807, 2.05) is 30.3 Å². The molecule has 1 aromatic heterocycles. The fraction of sp³-hybridized carbons (Fsp3) is 0.455. The molecule has 0 amide bonds. The van der Waals surface area contributed by atoms with Crippen molar-refractivity contribution in [1.82, 2.24) is 4.98 Å². The highest BCUT2D eigenvalue weighted by atomic mass is 16.5. The number of rotatable bonds is 8. The van der Waals surface area contributed by atoms with Crippen molar-refractivity contribution in [3.63, 3.8) is 0 Å². The molecule has 4 heteroatoms. The minimum atomic E-state index is -0.706. The number of nitrogens with zero attached hydrogens (tertiary/aromatic N) is 1. The number of hydrogen-bond acceptors (Lipinski definition) is 3. The molecule has 3 atom stereocenters. The topological polar surface area (TPSA) is 59.4 Å². The highest BCUT2D eigenvalue weighted by Gasteiger charge is 2.33. The molecule has 1 N–H and O–H groups in total. The molecule has 0 saturated carbocycles. The third kappa shape index (κ3) is 4.06. The van der Waals surface area contributed by atoms with Crippen LogP contribution in [0.3, 0.4) is 0 Å². The van der Waals surface area contributed by atoms with Gasteiger partial charge < -0.3 is 9.84 Å². The van der Waals surface area contributed by atoms with E-state index < -0.39 is 11.9 Å². The lowest BCUT2D eigenvalue weighted by Gasteiger charge is -2.29. The summed E-state index contributed by atoms with van der Waals surface area (Å²) in [6, 6.07) is 12.1. The number of carbonyl (C=O) groups is 1. The predicted molar refractivity (Wildman–Crippen MR) is 102 cm³/mol. The van der Waals surface area contributed by atoms with E-state index in [0.717, 1.165) is 49.3 Å². The Morgan fingerprint density at radius 3 is 2.85 bits per heavy atom. The van der Waals surface area contributed by atoms with Crippen LogP contribution in [0.2, 0.25) is 0 Å². The zero-order valence-corrected chi connectivity index (χ0v) is 15.5. The first-order chi connectivity index (χ1) is 12.6. The molecule has 3 rings (SSSR count). The Morgan fingerprint density at radius 2 is 2.15 bits per heavy atom. The zero-order chi connectivity index (χ0) is 18.5. The molecule has 0 radical (unpaired) electrons. The second-order valence-electron chi connectivity index (χ2n) is 7.18. The Hall–Kier alpha value is -2.36. The van der Waals surface area contributed by atoms with Crippen LogP contribution in [0.15, 0.2) is 42.6 Å². The molecule has 2 aromatic rings. The van der Waals surface area contributed by atoms with Crippen molar-refractivity contribution in [2.75, 3.05) is 6.61 Å². The third-order valence-electron chi connectivity index (χ3n) is 5.50. The number of benzene rings is 1. The maximum Gasteiger partial charge on any atom is 0.307 e. The van der Waals surface area contributed by atoms with Gasteiger partial charge in [0, 0.05) is 18.3 Å². The summed E-state index contributed by atoms with van der Waals surface area (Å²) in [5.74, 6) is -0.0778. The van der Waals surface area contributed by atoms with Crippen LogP contribution in [0.25, 0.3) is 0 Å². The molecule has 1 aromatic carbocycles. The Morgan fingerprint density at radius 1 is 1.31 bits per heavy atom. The van der Waals surface area contributed by atoms with Gasteiger partial charge in [-0.05, 0) is 60.4 Å². The van der Waals surface area contributed by atoms with Crippen LogP contribution in [-0.2, 0) is 17.6 Å². The summed E-state index contributed by atoms with van der Waals surface area (Å²) in [5.41, 5.74) is 3.34. The lowest BCUT2D eigenvalue weighted by atomic mass is 9.75. The molecule has 2 heterocycles. The largest absolute Gasteiger partial charge is 0.493 e. The summed E-state index contributed by atoms with van der Waals surface area (Å²) in [6.07, 6.45) is 5.13. The van der Waals surface area contributed by atoms with Crippen LogP contribution in [0.4, 0.5) is 0 Å². The van der Waals surface area contributed by atoms with Crippen molar-refractivity contribution in [2.45, 2.75) is 45.4 Å². The maximum absolute atomic E-state index is 12.1. The zero-order valence-electron chi connectivity index (χ0n) is 15.5. The normalized spacial score (nSPS) is 16.4. The van der Waals surface area contributed by atoms with Crippen molar-refractivity contribution in [3.05, 3.63) is 59.4 Å². The number of ether oxygens (including phenoxy) is 1. The number of pyridine rings is 1. The van der Waals surface area contributed by atoms with Gasteiger partial charge in [0.2, 0.25) is 0 Å². The van der Waals surface area contributed by atoms with Crippen molar-refractivity contribution in [2.24, 2.45) is 11.8 Å². The Bertz CT molecular complexity index is 744. The third-order valence-corrected chi connectivity index (χ3v) is 5.50. The van der Waals surface area contributed by atoms with Gasteiger partial charge in [0.15, 0.2) is 0 Å². The van der Waals surface area contributed by atoms with Crippen LogP contribution in [-0.4, -0.2) is 22.7 Å². The summed E-state index contributed by atoms with van der Waals surface area (Å²) in [7, 11) is 0. The van der Waals surface area contributed by atoms with Gasteiger partial charge in [0.25, 0.3) is 0 Å². The summed E-state index contributed by atoms with van der Waals surface area (Å²) in [4.78, 5) is 16.5. The number of carboxylic acids is 1. The molecular weight excluding hydrogens is 326 g/mol. The van der Waals surface area contributed by atoms with Crippen molar-refractivity contribution < 1.29 is 14.6 Å². The van der Waals surface area contributed by atoms with E-state index in [4.69, 9.17) is 4.74 Å². The number of aliphatic carboxylic acids is 1. The average Bonchev–Trinajstić information content (AvgIpc) is 3.12. The molecule has 0 fully saturated rings. The number of aromatic nitrogens is 1. The van der Waals surface area contributed by atoms with Crippen LogP contribution in [0.5, 0.6) is 5.75 Å². The van der Waals surface area contributed by atoms with Gasteiger partial charge in [0.05, 0.1) is 12.5 Å². The summed E-state index contributed by atoms with van der Waals surface area (Å²) in [6.45, 7) is 4.86. The molecule has 1 aliphatic rings. The minimum Gasteiger partial charge on any atom is -0.493 e. The van der Waals surface area contributed by atoms with E-state index in [1.54, 1.807) is 6.20 Å². The number of fused-ring (bicyclic) bond motifs is 1. The highest BCUT2D eigenvalue weighted by molar-refractivity contribution is 5.72. The second kappa shape index (κ2) is 8.35. The molecule has 0 spiro atoms. The average molecular weight is 353 g/mol. The van der Waals surface area contributed by atoms with E-state index in [0.29, 0.717) is 0 Å². The van der Waals surface area contributed by atoms with E-state index in [-0.39, 0.29) is 11.8 Å². The first kappa shape index (κ1) is 18.4. The van der Waals surface area contributed by atoms with Gasteiger partial charge in [0.1, 0.15) is 5.75 Å². The van der Waals surface area contributed by atoms with Crippen LogP contribution in [0, 0.1) is 11.8 Å².